The summed E-state index contributed by atoms with van der Waals surface area (Å²) >= 11 is 0. The molecule has 0 heterocycles. The van der Waals surface area contributed by atoms with Crippen LogP contribution in [-0.2, 0) is 27.3 Å². The van der Waals surface area contributed by atoms with Crippen LogP contribution in [0, 0.1) is 0 Å². The van der Waals surface area contributed by atoms with Gasteiger partial charge in [-0.3, -0.25) is 5.32 Å². The van der Waals surface area contributed by atoms with Crippen molar-refractivity contribution in [2.24, 2.45) is 0 Å². The Morgan fingerprint density at radius 3 is 2.32 bits per heavy atom. The van der Waals surface area contributed by atoms with Crippen molar-refractivity contribution < 1.29 is 33.6 Å². The average molecular weight is 431 g/mol. The van der Waals surface area contributed by atoms with Crippen molar-refractivity contribution in [1.29, 1.82) is 0 Å². The highest BCUT2D eigenvalue weighted by atomic mass is 16.5. The van der Waals surface area contributed by atoms with E-state index in [1.165, 1.54) is 7.11 Å². The van der Waals surface area contributed by atoms with Gasteiger partial charge in [0.05, 0.1) is 25.5 Å². The first-order chi connectivity index (χ1) is 14.8. The number of carbonyl (C=O) groups excluding carboxylic acids is 1. The van der Waals surface area contributed by atoms with Crippen molar-refractivity contribution in [2.75, 3.05) is 19.0 Å². The number of benzene rings is 2. The highest BCUT2D eigenvalue weighted by Crippen LogP contribution is 2.27. The Labute approximate surface area is 182 Å². The molecule has 2 aromatic carbocycles. The van der Waals surface area contributed by atoms with Gasteiger partial charge in [0.2, 0.25) is 0 Å². The van der Waals surface area contributed by atoms with E-state index in [2.05, 4.69) is 5.32 Å². The second-order valence-electron chi connectivity index (χ2n) is 7.03. The molecule has 2 rings (SSSR count). The predicted molar refractivity (Wildman–Crippen MR) is 116 cm³/mol. The quantitative estimate of drug-likeness (QED) is 0.548. The minimum absolute atomic E-state index is 0.103. The van der Waals surface area contributed by atoms with Gasteiger partial charge >= 0.3 is 12.1 Å². The molecule has 1 unspecified atom stereocenters. The number of hydrogen-bond acceptors (Lipinski definition) is 6. The van der Waals surface area contributed by atoms with E-state index in [1.807, 2.05) is 31.2 Å². The Morgan fingerprint density at radius 2 is 1.74 bits per heavy atom. The number of anilines is 1. The molecule has 0 aliphatic heterocycles. The summed E-state index contributed by atoms with van der Waals surface area (Å²) in [7, 11) is 1.47. The number of carboxylic acid groups (broad SMARTS) is 1. The maximum Gasteiger partial charge on any atom is 0.412 e. The maximum atomic E-state index is 12.2. The van der Waals surface area contributed by atoms with Crippen LogP contribution in [0.1, 0.15) is 31.9 Å². The Hall–Kier alpha value is -3.26. The molecule has 8 heteroatoms. The maximum absolute atomic E-state index is 12.2. The lowest BCUT2D eigenvalue weighted by Gasteiger charge is -2.17. The fourth-order valence-electron chi connectivity index (χ4n) is 2.85. The van der Waals surface area contributed by atoms with Crippen molar-refractivity contribution in [1.82, 2.24) is 0 Å². The van der Waals surface area contributed by atoms with E-state index in [0.29, 0.717) is 23.6 Å². The Morgan fingerprint density at radius 1 is 1.06 bits per heavy atom. The zero-order valence-corrected chi connectivity index (χ0v) is 18.2. The second-order valence-corrected chi connectivity index (χ2v) is 7.03. The van der Waals surface area contributed by atoms with Gasteiger partial charge in [-0.05, 0) is 56.2 Å². The Balaban J connectivity index is 1.97. The van der Waals surface area contributed by atoms with E-state index >= 15 is 0 Å². The van der Waals surface area contributed by atoms with Crippen LogP contribution in [0.15, 0.2) is 42.5 Å². The van der Waals surface area contributed by atoms with Gasteiger partial charge in [0.15, 0.2) is 6.10 Å². The molecule has 1 atom stereocenters. The minimum atomic E-state index is -1.03. The van der Waals surface area contributed by atoms with Gasteiger partial charge in [0.1, 0.15) is 18.1 Å². The van der Waals surface area contributed by atoms with Gasteiger partial charge in [-0.25, -0.2) is 9.59 Å². The van der Waals surface area contributed by atoms with E-state index in [9.17, 15) is 14.7 Å². The third-order valence-corrected chi connectivity index (χ3v) is 4.24. The van der Waals surface area contributed by atoms with E-state index in [-0.39, 0.29) is 19.1 Å². The number of methoxy groups -OCH3 is 1. The molecule has 0 fully saturated rings. The molecule has 0 saturated heterocycles. The molecule has 8 nitrogen and oxygen atoms in total. The fourth-order valence-corrected chi connectivity index (χ4v) is 2.85. The standard InChI is InChI=1S/C23H29NO7/c1-5-29-18-9-6-16(7-10-18)14-30-23(27)24-19-11-8-17(12-20(19)28-4)13-21(22(25)26)31-15(2)3/h6-12,15,21H,5,13-14H2,1-4H3,(H,24,27)(H,25,26). The number of aliphatic carboxylic acids is 1. The average Bonchev–Trinajstić information content (AvgIpc) is 2.73. The first kappa shape index (κ1) is 24.0. The third kappa shape index (κ3) is 7.82. The molecule has 168 valence electrons. The molecule has 0 saturated carbocycles. The molecule has 0 bridgehead atoms. The largest absolute Gasteiger partial charge is 0.495 e. The SMILES string of the molecule is CCOc1ccc(COC(=O)Nc2ccc(CC(OC(C)C)C(=O)O)cc2OC)cc1. The fraction of sp³-hybridized carbons (Fsp3) is 0.391. The number of nitrogens with one attached hydrogen (secondary N) is 1. The number of amides is 1. The number of rotatable bonds is 11. The van der Waals surface area contributed by atoms with Gasteiger partial charge < -0.3 is 24.1 Å². The topological polar surface area (TPSA) is 103 Å². The van der Waals surface area contributed by atoms with Gasteiger partial charge in [0.25, 0.3) is 0 Å². The second kappa shape index (κ2) is 11.8. The van der Waals surface area contributed by atoms with Crippen molar-refractivity contribution >= 4 is 17.7 Å². The minimum Gasteiger partial charge on any atom is -0.495 e. The summed E-state index contributed by atoms with van der Waals surface area (Å²) in [6, 6.07) is 12.3. The summed E-state index contributed by atoms with van der Waals surface area (Å²) in [5.41, 5.74) is 1.95. The zero-order valence-electron chi connectivity index (χ0n) is 18.2. The van der Waals surface area contributed by atoms with Gasteiger partial charge in [-0.2, -0.15) is 0 Å². The highest BCUT2D eigenvalue weighted by molar-refractivity contribution is 5.86. The van der Waals surface area contributed by atoms with Crippen LogP contribution in [0.2, 0.25) is 0 Å². The lowest BCUT2D eigenvalue weighted by atomic mass is 10.1. The predicted octanol–water partition coefficient (Wildman–Crippen LogP) is 4.26. The molecule has 0 aliphatic rings. The zero-order chi connectivity index (χ0) is 22.8. The molecule has 31 heavy (non-hydrogen) atoms. The van der Waals surface area contributed by atoms with E-state index in [0.717, 1.165) is 11.3 Å². The summed E-state index contributed by atoms with van der Waals surface area (Å²) in [5, 5.41) is 12.0. The normalized spacial score (nSPS) is 11.6. The van der Waals surface area contributed by atoms with Gasteiger partial charge in [-0.1, -0.05) is 18.2 Å². The lowest BCUT2D eigenvalue weighted by Crippen LogP contribution is -2.29. The summed E-state index contributed by atoms with van der Waals surface area (Å²) in [6.45, 7) is 6.16. The smallest absolute Gasteiger partial charge is 0.412 e. The van der Waals surface area contributed by atoms with Gasteiger partial charge in [0, 0.05) is 6.42 Å². The third-order valence-electron chi connectivity index (χ3n) is 4.24. The van der Waals surface area contributed by atoms with Crippen LogP contribution in [0.3, 0.4) is 0 Å². The summed E-state index contributed by atoms with van der Waals surface area (Å²) in [5.74, 6) is 0.112. The molecule has 0 spiro atoms. The van der Waals surface area contributed by atoms with E-state index in [1.54, 1.807) is 32.0 Å². The number of ether oxygens (including phenoxy) is 4. The van der Waals surface area contributed by atoms with Crippen LogP contribution in [0.4, 0.5) is 10.5 Å². The summed E-state index contributed by atoms with van der Waals surface area (Å²) < 4.78 is 21.4. The molecular formula is C23H29NO7. The summed E-state index contributed by atoms with van der Waals surface area (Å²) in [4.78, 5) is 23.6. The monoisotopic (exact) mass is 431 g/mol. The first-order valence-corrected chi connectivity index (χ1v) is 10.0. The van der Waals surface area contributed by atoms with Crippen LogP contribution < -0.4 is 14.8 Å². The van der Waals surface area contributed by atoms with Gasteiger partial charge in [-0.15, -0.1) is 0 Å². The lowest BCUT2D eigenvalue weighted by molar-refractivity contribution is -0.153. The number of hydrogen-bond donors (Lipinski definition) is 2. The van der Waals surface area contributed by atoms with Crippen LogP contribution >= 0.6 is 0 Å². The van der Waals surface area contributed by atoms with Crippen molar-refractivity contribution in [3.63, 3.8) is 0 Å². The molecule has 2 N–H and O–H groups in total. The highest BCUT2D eigenvalue weighted by Gasteiger charge is 2.21. The molecule has 0 aliphatic carbocycles. The molecular weight excluding hydrogens is 402 g/mol. The molecule has 1 amide bonds. The summed E-state index contributed by atoms with van der Waals surface area (Å²) in [6.07, 6.45) is -1.64. The van der Waals surface area contributed by atoms with Crippen LogP contribution in [0.5, 0.6) is 11.5 Å². The van der Waals surface area contributed by atoms with Crippen molar-refractivity contribution in [3.05, 3.63) is 53.6 Å². The molecule has 2 aromatic rings. The molecule has 0 radical (unpaired) electrons. The Bertz CT molecular complexity index is 865. The van der Waals surface area contributed by atoms with Crippen LogP contribution in [0.25, 0.3) is 0 Å². The Kier molecular flexibility index (Phi) is 9.14. The van der Waals surface area contributed by atoms with E-state index in [4.69, 9.17) is 18.9 Å². The number of carboxylic acids is 1. The van der Waals surface area contributed by atoms with Crippen molar-refractivity contribution in [3.8, 4) is 11.5 Å². The van der Waals surface area contributed by atoms with Crippen LogP contribution in [-0.4, -0.2) is 43.1 Å². The van der Waals surface area contributed by atoms with E-state index < -0.39 is 18.2 Å². The first-order valence-electron chi connectivity index (χ1n) is 10.0. The molecule has 0 aromatic heterocycles. The number of carbonyl (C=O) groups is 2. The van der Waals surface area contributed by atoms with Crippen molar-refractivity contribution in [2.45, 2.75) is 46.0 Å².